The third-order valence-corrected chi connectivity index (χ3v) is 5.93. The van der Waals surface area contributed by atoms with Crippen LogP contribution in [0.15, 0.2) is 68.6 Å². The SMILES string of the molecule is Clc1ccc(CN/N=C\c2cc(Br)c(OCc3ccc(Cl)cc3Cl)c(Br)c2)cc1. The average Bonchev–Trinajstić information content (AvgIpc) is 2.67. The summed E-state index contributed by atoms with van der Waals surface area (Å²) in [6, 6.07) is 16.8. The summed E-state index contributed by atoms with van der Waals surface area (Å²) in [5.41, 5.74) is 5.88. The molecular formula is C21H15Br2Cl3N2O. The quantitative estimate of drug-likeness (QED) is 0.229. The van der Waals surface area contributed by atoms with Gasteiger partial charge in [0.05, 0.1) is 21.7 Å². The summed E-state index contributed by atoms with van der Waals surface area (Å²) < 4.78 is 7.53. The second-order valence-corrected chi connectivity index (χ2v) is 9.05. The molecule has 3 nitrogen and oxygen atoms in total. The molecular weight excluding hydrogens is 562 g/mol. The zero-order valence-corrected chi connectivity index (χ0v) is 20.4. The van der Waals surface area contributed by atoms with Gasteiger partial charge in [-0.25, -0.2) is 0 Å². The fraction of sp³-hybridized carbons (Fsp3) is 0.0952. The van der Waals surface area contributed by atoms with Gasteiger partial charge in [-0.15, -0.1) is 0 Å². The van der Waals surface area contributed by atoms with Crippen molar-refractivity contribution < 1.29 is 4.74 Å². The lowest BCUT2D eigenvalue weighted by molar-refractivity contribution is 0.302. The van der Waals surface area contributed by atoms with Crippen molar-refractivity contribution in [1.29, 1.82) is 0 Å². The van der Waals surface area contributed by atoms with Crippen molar-refractivity contribution in [2.45, 2.75) is 13.2 Å². The number of ether oxygens (including phenoxy) is 1. The molecule has 0 fully saturated rings. The Morgan fingerprint density at radius 2 is 1.55 bits per heavy atom. The van der Waals surface area contributed by atoms with Gasteiger partial charge in [-0.2, -0.15) is 5.10 Å². The van der Waals surface area contributed by atoms with Crippen LogP contribution in [0.5, 0.6) is 5.75 Å². The van der Waals surface area contributed by atoms with E-state index in [2.05, 4.69) is 42.4 Å². The fourth-order valence-corrected chi connectivity index (χ4v) is 4.48. The Labute approximate surface area is 201 Å². The molecule has 0 radical (unpaired) electrons. The lowest BCUT2D eigenvalue weighted by Gasteiger charge is -2.12. The lowest BCUT2D eigenvalue weighted by Crippen LogP contribution is -2.05. The van der Waals surface area contributed by atoms with E-state index in [-0.39, 0.29) is 0 Å². The fourth-order valence-electron chi connectivity index (χ4n) is 2.44. The van der Waals surface area contributed by atoms with Crippen molar-refractivity contribution in [1.82, 2.24) is 5.43 Å². The van der Waals surface area contributed by atoms with E-state index < -0.39 is 0 Å². The van der Waals surface area contributed by atoms with Crippen LogP contribution < -0.4 is 10.2 Å². The van der Waals surface area contributed by atoms with Crippen molar-refractivity contribution in [3.05, 3.63) is 95.3 Å². The summed E-state index contributed by atoms with van der Waals surface area (Å²) in [7, 11) is 0. The highest BCUT2D eigenvalue weighted by molar-refractivity contribution is 9.11. The first kappa shape index (κ1) is 22.4. The smallest absolute Gasteiger partial charge is 0.148 e. The molecule has 0 aliphatic rings. The van der Waals surface area contributed by atoms with E-state index in [1.54, 1.807) is 18.3 Å². The monoisotopic (exact) mass is 574 g/mol. The molecule has 1 N–H and O–H groups in total. The maximum absolute atomic E-state index is 6.20. The van der Waals surface area contributed by atoms with Gasteiger partial charge < -0.3 is 10.2 Å². The van der Waals surface area contributed by atoms with E-state index in [1.807, 2.05) is 42.5 Å². The zero-order chi connectivity index (χ0) is 20.8. The van der Waals surface area contributed by atoms with Crippen molar-refractivity contribution >= 4 is 72.9 Å². The highest BCUT2D eigenvalue weighted by Crippen LogP contribution is 2.35. The van der Waals surface area contributed by atoms with Gasteiger partial charge in [0.1, 0.15) is 12.4 Å². The maximum Gasteiger partial charge on any atom is 0.148 e. The van der Waals surface area contributed by atoms with Crippen LogP contribution in [-0.4, -0.2) is 6.21 Å². The third kappa shape index (κ3) is 6.63. The van der Waals surface area contributed by atoms with Crippen LogP contribution in [0, 0.1) is 0 Å². The molecule has 0 aliphatic heterocycles. The van der Waals surface area contributed by atoms with Crippen LogP contribution in [0.1, 0.15) is 16.7 Å². The maximum atomic E-state index is 6.20. The molecule has 150 valence electrons. The third-order valence-electron chi connectivity index (χ3n) is 3.91. The van der Waals surface area contributed by atoms with Crippen molar-refractivity contribution in [3.8, 4) is 5.75 Å². The first-order valence-corrected chi connectivity index (χ1v) is 11.2. The number of nitrogens with one attached hydrogen (secondary N) is 1. The first-order chi connectivity index (χ1) is 13.9. The number of benzene rings is 3. The number of hydrogen-bond acceptors (Lipinski definition) is 3. The molecule has 0 aliphatic carbocycles. The van der Waals surface area contributed by atoms with Gasteiger partial charge in [-0.05, 0) is 79.4 Å². The van der Waals surface area contributed by atoms with Gasteiger partial charge in [0.15, 0.2) is 0 Å². The van der Waals surface area contributed by atoms with Crippen molar-refractivity contribution in [2.75, 3.05) is 0 Å². The van der Waals surface area contributed by atoms with Crippen molar-refractivity contribution in [3.63, 3.8) is 0 Å². The molecule has 0 atom stereocenters. The predicted octanol–water partition coefficient (Wildman–Crippen LogP) is 7.87. The summed E-state index contributed by atoms with van der Waals surface area (Å²) in [6.07, 6.45) is 1.74. The highest BCUT2D eigenvalue weighted by Gasteiger charge is 2.10. The Hall–Kier alpha value is -1.24. The largest absolute Gasteiger partial charge is 0.486 e. The van der Waals surface area contributed by atoms with Crippen LogP contribution >= 0.6 is 66.7 Å². The van der Waals surface area contributed by atoms with E-state index in [4.69, 9.17) is 39.5 Å². The average molecular weight is 578 g/mol. The Kier molecular flexibility index (Phi) is 8.27. The molecule has 0 spiro atoms. The van der Waals surface area contributed by atoms with Crippen LogP contribution in [0.3, 0.4) is 0 Å². The Morgan fingerprint density at radius 1 is 0.897 bits per heavy atom. The molecule has 0 amide bonds. The second-order valence-electron chi connectivity index (χ2n) is 6.06. The summed E-state index contributed by atoms with van der Waals surface area (Å²) in [5, 5.41) is 6.14. The highest BCUT2D eigenvalue weighted by atomic mass is 79.9. The summed E-state index contributed by atoms with van der Waals surface area (Å²) in [4.78, 5) is 0. The molecule has 3 aromatic carbocycles. The minimum atomic E-state index is 0.323. The normalized spacial score (nSPS) is 11.1. The molecule has 0 saturated heterocycles. The van der Waals surface area contributed by atoms with Crippen LogP contribution in [0.4, 0.5) is 0 Å². The molecule has 8 heteroatoms. The van der Waals surface area contributed by atoms with Crippen LogP contribution in [0.25, 0.3) is 0 Å². The summed E-state index contributed by atoms with van der Waals surface area (Å²) in [6.45, 7) is 0.933. The molecule has 0 bridgehead atoms. The van der Waals surface area contributed by atoms with Gasteiger partial charge >= 0.3 is 0 Å². The van der Waals surface area contributed by atoms with Gasteiger partial charge in [-0.1, -0.05) is 53.0 Å². The lowest BCUT2D eigenvalue weighted by atomic mass is 10.2. The van der Waals surface area contributed by atoms with Gasteiger partial charge in [-0.3, -0.25) is 0 Å². The molecule has 0 unspecified atom stereocenters. The number of hydrogen-bond donors (Lipinski definition) is 1. The van der Waals surface area contributed by atoms with E-state index in [1.165, 1.54) is 0 Å². The molecule has 0 saturated carbocycles. The van der Waals surface area contributed by atoms with Gasteiger partial charge in [0.25, 0.3) is 0 Å². The van der Waals surface area contributed by atoms with E-state index >= 15 is 0 Å². The number of nitrogens with zero attached hydrogens (tertiary/aromatic N) is 1. The molecule has 29 heavy (non-hydrogen) atoms. The van der Waals surface area contributed by atoms with Gasteiger partial charge in [0, 0.05) is 20.6 Å². The Bertz CT molecular complexity index is 1000. The van der Waals surface area contributed by atoms with E-state index in [0.717, 1.165) is 25.6 Å². The minimum Gasteiger partial charge on any atom is -0.486 e. The van der Waals surface area contributed by atoms with Gasteiger partial charge in [0.2, 0.25) is 0 Å². The predicted molar refractivity (Wildman–Crippen MR) is 129 cm³/mol. The topological polar surface area (TPSA) is 33.6 Å². The zero-order valence-electron chi connectivity index (χ0n) is 14.9. The second kappa shape index (κ2) is 10.7. The van der Waals surface area contributed by atoms with E-state index in [0.29, 0.717) is 34.0 Å². The summed E-state index contributed by atoms with van der Waals surface area (Å²) in [5.74, 6) is 0.683. The first-order valence-electron chi connectivity index (χ1n) is 8.48. The minimum absolute atomic E-state index is 0.323. The summed E-state index contributed by atoms with van der Waals surface area (Å²) >= 11 is 25.1. The van der Waals surface area contributed by atoms with E-state index in [9.17, 15) is 0 Å². The number of hydrazone groups is 1. The Balaban J connectivity index is 1.61. The number of halogens is 5. The van der Waals surface area contributed by atoms with Crippen molar-refractivity contribution in [2.24, 2.45) is 5.10 Å². The van der Waals surface area contributed by atoms with Crippen LogP contribution in [-0.2, 0) is 13.2 Å². The number of rotatable bonds is 7. The molecule has 3 aromatic rings. The standard InChI is InChI=1S/C21H15Br2Cl3N2O/c22-18-7-14(11-28-27-10-13-1-4-16(24)5-2-13)8-19(23)21(18)29-12-15-3-6-17(25)9-20(15)26/h1-9,11,27H,10,12H2/b28-11-. The molecule has 0 aromatic heterocycles. The van der Waals surface area contributed by atoms with Crippen LogP contribution in [0.2, 0.25) is 15.1 Å². The molecule has 0 heterocycles. The molecule has 3 rings (SSSR count). The Morgan fingerprint density at radius 3 is 2.21 bits per heavy atom.